The second-order valence-corrected chi connectivity index (χ2v) is 9.03. The normalized spacial score (nSPS) is 18.6. The van der Waals surface area contributed by atoms with Crippen molar-refractivity contribution < 1.29 is 8.42 Å². The summed E-state index contributed by atoms with van der Waals surface area (Å²) >= 11 is 0. The highest BCUT2D eigenvalue weighted by molar-refractivity contribution is 7.93. The number of benzene rings is 1. The average Bonchev–Trinajstić information content (AvgIpc) is 2.99. The van der Waals surface area contributed by atoms with Crippen LogP contribution in [0.5, 0.6) is 0 Å². The molecule has 6 nitrogen and oxygen atoms in total. The van der Waals surface area contributed by atoms with E-state index >= 15 is 0 Å². The second kappa shape index (κ2) is 6.87. The predicted octanol–water partition coefficient (Wildman–Crippen LogP) is 2.82. The quantitative estimate of drug-likeness (QED) is 0.893. The zero-order valence-electron chi connectivity index (χ0n) is 15.0. The standard InChI is InChI=1S/C19H24N4O2S/c1-14-21-18-6-3-2-5-17(18)19(22-14)20-13-15-7-9-16(10-8-15)23-11-4-12-26(23,24)25/h7-10H,2-6,11-13H2,1H3,(H,20,21,22). The number of nitrogens with one attached hydrogen (secondary N) is 1. The summed E-state index contributed by atoms with van der Waals surface area (Å²) in [6.07, 6.45) is 5.15. The third-order valence-electron chi connectivity index (χ3n) is 5.08. The van der Waals surface area contributed by atoms with Crippen LogP contribution in [0.3, 0.4) is 0 Å². The lowest BCUT2D eigenvalue weighted by molar-refractivity contribution is 0.599. The van der Waals surface area contributed by atoms with Gasteiger partial charge in [-0.15, -0.1) is 0 Å². The first-order valence-electron chi connectivity index (χ1n) is 9.22. The van der Waals surface area contributed by atoms with Crippen molar-refractivity contribution in [1.82, 2.24) is 9.97 Å². The molecule has 1 saturated heterocycles. The van der Waals surface area contributed by atoms with E-state index in [4.69, 9.17) is 0 Å². The minimum absolute atomic E-state index is 0.245. The maximum Gasteiger partial charge on any atom is 0.235 e. The second-order valence-electron chi connectivity index (χ2n) is 7.01. The molecule has 2 heterocycles. The summed E-state index contributed by atoms with van der Waals surface area (Å²) in [5.74, 6) is 2.00. The molecule has 0 bridgehead atoms. The van der Waals surface area contributed by atoms with Crippen LogP contribution in [0.15, 0.2) is 24.3 Å². The van der Waals surface area contributed by atoms with Gasteiger partial charge in [0.1, 0.15) is 11.6 Å². The van der Waals surface area contributed by atoms with E-state index < -0.39 is 10.0 Å². The van der Waals surface area contributed by atoms with Gasteiger partial charge >= 0.3 is 0 Å². The zero-order valence-corrected chi connectivity index (χ0v) is 15.8. The highest BCUT2D eigenvalue weighted by atomic mass is 32.2. The smallest absolute Gasteiger partial charge is 0.235 e. The summed E-state index contributed by atoms with van der Waals surface area (Å²) < 4.78 is 25.6. The molecule has 1 aromatic carbocycles. The highest BCUT2D eigenvalue weighted by Gasteiger charge is 2.28. The van der Waals surface area contributed by atoms with Gasteiger partial charge in [-0.1, -0.05) is 12.1 Å². The van der Waals surface area contributed by atoms with Gasteiger partial charge in [-0.05, 0) is 56.7 Å². The number of fused-ring (bicyclic) bond motifs is 1. The largest absolute Gasteiger partial charge is 0.366 e. The van der Waals surface area contributed by atoms with E-state index in [9.17, 15) is 8.42 Å². The molecule has 7 heteroatoms. The molecule has 0 unspecified atom stereocenters. The van der Waals surface area contributed by atoms with E-state index in [-0.39, 0.29) is 5.75 Å². The Kier molecular flexibility index (Phi) is 4.56. The number of sulfonamides is 1. The van der Waals surface area contributed by atoms with Crippen molar-refractivity contribution in [3.63, 3.8) is 0 Å². The van der Waals surface area contributed by atoms with Crippen molar-refractivity contribution in [2.75, 3.05) is 21.9 Å². The molecule has 26 heavy (non-hydrogen) atoms. The molecule has 138 valence electrons. The van der Waals surface area contributed by atoms with Crippen LogP contribution in [-0.4, -0.2) is 30.7 Å². The molecule has 0 radical (unpaired) electrons. The molecule has 0 spiro atoms. The number of nitrogens with zero attached hydrogens (tertiary/aromatic N) is 3. The number of hydrogen-bond donors (Lipinski definition) is 1. The Bertz CT molecular complexity index is 910. The Labute approximate surface area is 154 Å². The Balaban J connectivity index is 1.48. The number of aryl methyl sites for hydroxylation is 2. The van der Waals surface area contributed by atoms with Gasteiger partial charge in [-0.3, -0.25) is 4.31 Å². The Morgan fingerprint density at radius 3 is 2.58 bits per heavy atom. The third kappa shape index (κ3) is 3.40. The van der Waals surface area contributed by atoms with E-state index in [0.717, 1.165) is 35.7 Å². The first-order chi connectivity index (χ1) is 12.5. The van der Waals surface area contributed by atoms with Crippen molar-refractivity contribution >= 4 is 21.5 Å². The van der Waals surface area contributed by atoms with Crippen LogP contribution in [-0.2, 0) is 29.4 Å². The van der Waals surface area contributed by atoms with E-state index in [0.29, 0.717) is 19.5 Å². The van der Waals surface area contributed by atoms with Crippen LogP contribution in [0, 0.1) is 6.92 Å². The number of rotatable bonds is 4. The molecule has 1 fully saturated rings. The first-order valence-corrected chi connectivity index (χ1v) is 10.8. The highest BCUT2D eigenvalue weighted by Crippen LogP contribution is 2.27. The predicted molar refractivity (Wildman–Crippen MR) is 103 cm³/mol. The monoisotopic (exact) mass is 372 g/mol. The maximum atomic E-state index is 12.0. The van der Waals surface area contributed by atoms with Gasteiger partial charge in [0.25, 0.3) is 0 Å². The first kappa shape index (κ1) is 17.3. The molecule has 0 amide bonds. The molecule has 0 atom stereocenters. The van der Waals surface area contributed by atoms with Crippen LogP contribution in [0.4, 0.5) is 11.5 Å². The van der Waals surface area contributed by atoms with Gasteiger partial charge in [0, 0.05) is 24.3 Å². The van der Waals surface area contributed by atoms with Gasteiger partial charge < -0.3 is 5.32 Å². The number of aromatic nitrogens is 2. The molecular weight excluding hydrogens is 348 g/mol. The van der Waals surface area contributed by atoms with Gasteiger partial charge in [0.15, 0.2) is 0 Å². The van der Waals surface area contributed by atoms with Crippen molar-refractivity contribution in [1.29, 1.82) is 0 Å². The lowest BCUT2D eigenvalue weighted by Gasteiger charge is -2.20. The summed E-state index contributed by atoms with van der Waals surface area (Å²) in [6.45, 7) is 3.17. The summed E-state index contributed by atoms with van der Waals surface area (Å²) in [5.41, 5.74) is 4.29. The summed E-state index contributed by atoms with van der Waals surface area (Å²) in [7, 11) is -3.12. The third-order valence-corrected chi connectivity index (χ3v) is 6.95. The van der Waals surface area contributed by atoms with E-state index in [1.54, 1.807) is 0 Å². The zero-order chi connectivity index (χ0) is 18.1. The number of anilines is 2. The summed E-state index contributed by atoms with van der Waals surface area (Å²) in [5, 5.41) is 3.45. The lowest BCUT2D eigenvalue weighted by Crippen LogP contribution is -2.24. The van der Waals surface area contributed by atoms with Crippen LogP contribution in [0.1, 0.15) is 41.9 Å². The van der Waals surface area contributed by atoms with Crippen molar-refractivity contribution in [3.8, 4) is 0 Å². The summed E-state index contributed by atoms with van der Waals surface area (Å²) in [6, 6.07) is 7.74. The fraction of sp³-hybridized carbons (Fsp3) is 0.474. The van der Waals surface area contributed by atoms with Crippen molar-refractivity contribution in [2.45, 2.75) is 45.6 Å². The minimum Gasteiger partial charge on any atom is -0.366 e. The van der Waals surface area contributed by atoms with Gasteiger partial charge in [0.2, 0.25) is 10.0 Å². The van der Waals surface area contributed by atoms with Crippen LogP contribution in [0.25, 0.3) is 0 Å². The lowest BCUT2D eigenvalue weighted by atomic mass is 9.96. The maximum absolute atomic E-state index is 12.0. The van der Waals surface area contributed by atoms with E-state index in [2.05, 4.69) is 15.3 Å². The fourth-order valence-corrected chi connectivity index (χ4v) is 5.32. The number of hydrogen-bond acceptors (Lipinski definition) is 5. The molecule has 1 aliphatic heterocycles. The van der Waals surface area contributed by atoms with Crippen LogP contribution >= 0.6 is 0 Å². The van der Waals surface area contributed by atoms with E-state index in [1.165, 1.54) is 28.4 Å². The fourth-order valence-electron chi connectivity index (χ4n) is 3.76. The molecular formula is C19H24N4O2S. The Hall–Kier alpha value is -2.15. The van der Waals surface area contributed by atoms with Crippen molar-refractivity contribution in [2.24, 2.45) is 0 Å². The Morgan fingerprint density at radius 2 is 1.85 bits per heavy atom. The molecule has 2 aromatic rings. The topological polar surface area (TPSA) is 75.2 Å². The molecule has 1 aromatic heterocycles. The van der Waals surface area contributed by atoms with Gasteiger partial charge in [-0.2, -0.15) is 0 Å². The molecule has 2 aliphatic rings. The van der Waals surface area contributed by atoms with Gasteiger partial charge in [0.05, 0.1) is 11.4 Å². The molecule has 0 saturated carbocycles. The Morgan fingerprint density at radius 1 is 1.08 bits per heavy atom. The molecule has 1 aliphatic carbocycles. The summed E-state index contributed by atoms with van der Waals surface area (Å²) in [4.78, 5) is 9.18. The average molecular weight is 372 g/mol. The van der Waals surface area contributed by atoms with Gasteiger partial charge in [-0.25, -0.2) is 18.4 Å². The SMILES string of the molecule is Cc1nc2c(c(NCc3ccc(N4CCCS4(=O)=O)cc3)n1)CCCC2. The molecule has 4 rings (SSSR count). The van der Waals surface area contributed by atoms with E-state index in [1.807, 2.05) is 31.2 Å². The minimum atomic E-state index is -3.12. The molecule has 1 N–H and O–H groups in total. The van der Waals surface area contributed by atoms with Crippen LogP contribution < -0.4 is 9.62 Å². The van der Waals surface area contributed by atoms with Crippen LogP contribution in [0.2, 0.25) is 0 Å². The van der Waals surface area contributed by atoms with Crippen molar-refractivity contribution in [3.05, 3.63) is 46.9 Å².